The summed E-state index contributed by atoms with van der Waals surface area (Å²) in [5.74, 6) is 0.0414. The third-order valence-electron chi connectivity index (χ3n) is 5.63. The number of pyridine rings is 1. The van der Waals surface area contributed by atoms with Gasteiger partial charge in [0.1, 0.15) is 6.04 Å². The number of aryl methyl sites for hydroxylation is 1. The summed E-state index contributed by atoms with van der Waals surface area (Å²) in [6.07, 6.45) is 3.08. The van der Waals surface area contributed by atoms with Crippen LogP contribution in [0, 0.1) is 0 Å². The monoisotopic (exact) mass is 464 g/mol. The molecular weight excluding hydrogens is 447 g/mol. The number of aromatic nitrogens is 3. The van der Waals surface area contributed by atoms with Gasteiger partial charge >= 0.3 is 5.69 Å². The third-order valence-corrected chi connectivity index (χ3v) is 6.24. The van der Waals surface area contributed by atoms with E-state index in [0.29, 0.717) is 45.3 Å². The lowest BCUT2D eigenvalue weighted by molar-refractivity contribution is -0.119. The van der Waals surface area contributed by atoms with Crippen LogP contribution in [-0.2, 0) is 17.6 Å². The molecule has 4 aromatic rings. The maximum atomic E-state index is 13.1. The van der Waals surface area contributed by atoms with Gasteiger partial charge in [-0.2, -0.15) is 0 Å². The molecule has 3 heterocycles. The molecule has 1 unspecified atom stereocenters. The Labute approximate surface area is 193 Å². The molecule has 0 aliphatic carbocycles. The fourth-order valence-electron chi connectivity index (χ4n) is 4.03. The number of Topliss-reactive ketones (excluding diaryl/α,β-unsaturated/α-hetero) is 1. The Hall–Kier alpha value is -3.22. The number of imidazole rings is 1. The smallest absolute Gasteiger partial charge is 0.304 e. The second kappa shape index (κ2) is 8.37. The summed E-state index contributed by atoms with van der Waals surface area (Å²) in [5, 5.41) is 1.24. The average Bonchev–Trinajstić information content (AvgIpc) is 3.09. The number of aliphatic imine (C=N–C) groups is 1. The predicted octanol–water partition coefficient (Wildman–Crippen LogP) is 4.52. The fraction of sp³-hybridized carbons (Fsp3) is 0.167. The zero-order valence-electron chi connectivity index (χ0n) is 16.9. The number of carbonyl (C=O) groups excluding carboxylic acids is 1. The van der Waals surface area contributed by atoms with Crippen LogP contribution in [0.4, 0.5) is 0 Å². The number of rotatable bonds is 4. The van der Waals surface area contributed by atoms with E-state index in [2.05, 4.69) is 15.0 Å². The van der Waals surface area contributed by atoms with Crippen molar-refractivity contribution in [2.45, 2.75) is 25.3 Å². The van der Waals surface area contributed by atoms with Crippen molar-refractivity contribution in [1.82, 2.24) is 15.0 Å². The van der Waals surface area contributed by atoms with Gasteiger partial charge in [0.2, 0.25) is 0 Å². The molecule has 2 aromatic carbocycles. The van der Waals surface area contributed by atoms with E-state index in [1.807, 2.05) is 42.5 Å². The molecule has 0 bridgehead atoms. The van der Waals surface area contributed by atoms with Gasteiger partial charge in [0.25, 0.3) is 0 Å². The van der Waals surface area contributed by atoms with Crippen LogP contribution in [0.2, 0.25) is 10.0 Å². The maximum absolute atomic E-state index is 13.1. The van der Waals surface area contributed by atoms with E-state index in [4.69, 9.17) is 28.2 Å². The lowest BCUT2D eigenvalue weighted by atomic mass is 9.95. The molecule has 0 radical (unpaired) electrons. The number of ketones is 1. The van der Waals surface area contributed by atoms with Crippen molar-refractivity contribution in [3.8, 4) is 0 Å². The van der Waals surface area contributed by atoms with Crippen LogP contribution in [0.1, 0.15) is 28.7 Å². The first-order valence-corrected chi connectivity index (χ1v) is 10.9. The number of aromatic amines is 2. The number of H-pyrrole nitrogens is 2. The molecule has 0 saturated heterocycles. The van der Waals surface area contributed by atoms with Crippen LogP contribution in [0.15, 0.2) is 64.5 Å². The Morgan fingerprint density at radius 3 is 2.72 bits per heavy atom. The number of nitrogens with zero attached hydrogens (tertiary/aromatic N) is 2. The van der Waals surface area contributed by atoms with Crippen LogP contribution in [-0.4, -0.2) is 32.5 Å². The Kier molecular flexibility index (Phi) is 5.41. The molecule has 0 saturated carbocycles. The molecule has 32 heavy (non-hydrogen) atoms. The van der Waals surface area contributed by atoms with Gasteiger partial charge in [0.15, 0.2) is 11.4 Å². The van der Waals surface area contributed by atoms with Gasteiger partial charge in [-0.1, -0.05) is 47.5 Å². The first-order valence-electron chi connectivity index (χ1n) is 10.2. The largest absolute Gasteiger partial charge is 0.325 e. The number of fused-ring (bicyclic) bond motifs is 2. The van der Waals surface area contributed by atoms with E-state index in [1.54, 1.807) is 12.3 Å². The van der Waals surface area contributed by atoms with Crippen molar-refractivity contribution in [3.05, 3.63) is 97.5 Å². The number of nitrogens with one attached hydrogen (secondary N) is 2. The molecule has 5 rings (SSSR count). The molecule has 2 aromatic heterocycles. The lowest BCUT2D eigenvalue weighted by Gasteiger charge is -2.12. The molecule has 1 aliphatic heterocycles. The SMILES string of the molecule is O=C1Cc2ccc(Cl)cc2C(c2cnc3[nH]c(=O)[nH]c3c2)=NC1CCc1ccccc1Cl. The van der Waals surface area contributed by atoms with Gasteiger partial charge in [-0.3, -0.25) is 14.8 Å². The maximum Gasteiger partial charge on any atom is 0.325 e. The number of benzene rings is 2. The van der Waals surface area contributed by atoms with Crippen molar-refractivity contribution >= 4 is 45.9 Å². The van der Waals surface area contributed by atoms with E-state index in [1.165, 1.54) is 0 Å². The number of hydrogen-bond acceptors (Lipinski definition) is 4. The van der Waals surface area contributed by atoms with Gasteiger partial charge in [0.05, 0.1) is 11.2 Å². The molecule has 160 valence electrons. The zero-order valence-corrected chi connectivity index (χ0v) is 18.4. The highest BCUT2D eigenvalue weighted by Gasteiger charge is 2.26. The summed E-state index contributed by atoms with van der Waals surface area (Å²) in [4.78, 5) is 39.4. The molecule has 6 nitrogen and oxygen atoms in total. The molecule has 0 fully saturated rings. The van der Waals surface area contributed by atoms with Crippen LogP contribution >= 0.6 is 23.2 Å². The molecular formula is C24H18Cl2N4O2. The Morgan fingerprint density at radius 1 is 1.03 bits per heavy atom. The number of hydrogen-bond donors (Lipinski definition) is 2. The molecule has 0 spiro atoms. The Bertz CT molecular complexity index is 1440. The van der Waals surface area contributed by atoms with Crippen molar-refractivity contribution in [2.75, 3.05) is 0 Å². The van der Waals surface area contributed by atoms with Crippen molar-refractivity contribution in [3.63, 3.8) is 0 Å². The van der Waals surface area contributed by atoms with Crippen molar-refractivity contribution in [2.24, 2.45) is 4.99 Å². The summed E-state index contributed by atoms with van der Waals surface area (Å²) >= 11 is 12.6. The second-order valence-corrected chi connectivity index (χ2v) is 8.61. The van der Waals surface area contributed by atoms with Crippen LogP contribution in [0.5, 0.6) is 0 Å². The van der Waals surface area contributed by atoms with E-state index >= 15 is 0 Å². The Balaban J connectivity index is 1.59. The normalized spacial score (nSPS) is 16.0. The number of carbonyl (C=O) groups is 1. The fourth-order valence-corrected chi connectivity index (χ4v) is 4.43. The van der Waals surface area contributed by atoms with E-state index in [9.17, 15) is 9.59 Å². The highest BCUT2D eigenvalue weighted by atomic mass is 35.5. The number of halogens is 2. The summed E-state index contributed by atoms with van der Waals surface area (Å²) in [6, 6.07) is 14.4. The average molecular weight is 465 g/mol. The molecule has 2 N–H and O–H groups in total. The molecule has 1 atom stereocenters. The third kappa shape index (κ3) is 3.99. The summed E-state index contributed by atoms with van der Waals surface area (Å²) < 4.78 is 0. The first-order chi connectivity index (χ1) is 15.5. The lowest BCUT2D eigenvalue weighted by Crippen LogP contribution is -2.21. The minimum atomic E-state index is -0.534. The van der Waals surface area contributed by atoms with Gasteiger partial charge in [-0.05, 0) is 48.2 Å². The molecule has 1 aliphatic rings. The molecule has 0 amide bonds. The minimum absolute atomic E-state index is 0.0414. The summed E-state index contributed by atoms with van der Waals surface area (Å²) in [6.45, 7) is 0. The van der Waals surface area contributed by atoms with Gasteiger partial charge in [-0.15, -0.1) is 0 Å². The van der Waals surface area contributed by atoms with Crippen LogP contribution in [0.25, 0.3) is 11.2 Å². The highest BCUT2D eigenvalue weighted by molar-refractivity contribution is 6.31. The predicted molar refractivity (Wildman–Crippen MR) is 126 cm³/mol. The summed E-state index contributed by atoms with van der Waals surface area (Å²) in [7, 11) is 0. The van der Waals surface area contributed by atoms with Gasteiger partial charge in [0, 0.05) is 33.8 Å². The quantitative estimate of drug-likeness (QED) is 0.464. The summed E-state index contributed by atoms with van der Waals surface area (Å²) in [5.41, 5.74) is 4.68. The van der Waals surface area contributed by atoms with E-state index in [-0.39, 0.29) is 17.9 Å². The standard InChI is InChI=1S/C24H18Cl2N4O2/c25-16-7-5-14-10-21(31)19(8-6-13-3-1-2-4-18(13)26)28-22(17(14)11-16)15-9-20-23(27-12-15)30-24(32)29-20/h1-5,7,9,11-12,19H,6,8,10H2,(H2,27,29,30,32). The highest BCUT2D eigenvalue weighted by Crippen LogP contribution is 2.27. The minimum Gasteiger partial charge on any atom is -0.304 e. The molecule has 8 heteroatoms. The zero-order chi connectivity index (χ0) is 22.2. The Morgan fingerprint density at radius 2 is 1.88 bits per heavy atom. The van der Waals surface area contributed by atoms with Crippen molar-refractivity contribution < 1.29 is 4.79 Å². The second-order valence-electron chi connectivity index (χ2n) is 7.77. The first kappa shape index (κ1) is 20.7. The topological polar surface area (TPSA) is 91.0 Å². The van der Waals surface area contributed by atoms with Gasteiger partial charge < -0.3 is 4.98 Å². The van der Waals surface area contributed by atoms with E-state index < -0.39 is 6.04 Å². The van der Waals surface area contributed by atoms with Crippen molar-refractivity contribution in [1.29, 1.82) is 0 Å². The van der Waals surface area contributed by atoms with Gasteiger partial charge in [-0.25, -0.2) is 9.78 Å². The van der Waals surface area contributed by atoms with Crippen LogP contribution < -0.4 is 5.69 Å². The van der Waals surface area contributed by atoms with Crippen LogP contribution in [0.3, 0.4) is 0 Å². The van der Waals surface area contributed by atoms with E-state index in [0.717, 1.165) is 16.7 Å².